The molecule has 2 fully saturated rings. The molecule has 0 aromatic carbocycles. The van der Waals surface area contributed by atoms with Crippen LogP contribution in [0, 0.1) is 17.8 Å². The van der Waals surface area contributed by atoms with Crippen molar-refractivity contribution in [2.24, 2.45) is 23.5 Å². The van der Waals surface area contributed by atoms with Crippen molar-refractivity contribution in [3.8, 4) is 0 Å². The van der Waals surface area contributed by atoms with Gasteiger partial charge in [-0.15, -0.1) is 0 Å². The van der Waals surface area contributed by atoms with E-state index in [-0.39, 0.29) is 47.1 Å². The molecule has 1 amide bonds. The Labute approximate surface area is 188 Å². The summed E-state index contributed by atoms with van der Waals surface area (Å²) in [4.78, 5) is 29.0. The van der Waals surface area contributed by atoms with Gasteiger partial charge in [0.2, 0.25) is 5.92 Å². The van der Waals surface area contributed by atoms with Crippen molar-refractivity contribution in [2.75, 3.05) is 0 Å². The maximum atomic E-state index is 13.1. The highest BCUT2D eigenvalue weighted by Gasteiger charge is 2.40. The summed E-state index contributed by atoms with van der Waals surface area (Å²) in [7, 11) is 0. The zero-order chi connectivity index (χ0) is 24.2. The molecule has 0 aliphatic heterocycles. The molecule has 0 saturated heterocycles. The quantitative estimate of drug-likeness (QED) is 0.570. The first-order chi connectivity index (χ1) is 15.5. The second kappa shape index (κ2) is 10.2. The predicted molar refractivity (Wildman–Crippen MR) is 114 cm³/mol. The summed E-state index contributed by atoms with van der Waals surface area (Å²) in [5, 5.41) is 0.238. The Hall–Kier alpha value is -2.52. The smallest absolute Gasteiger partial charge is 0.364 e. The highest BCUT2D eigenvalue weighted by molar-refractivity contribution is 6.03. The van der Waals surface area contributed by atoms with Crippen LogP contribution in [0.4, 0.5) is 22.0 Å². The number of aromatic nitrogens is 2. The van der Waals surface area contributed by atoms with Crippen LogP contribution in [0.3, 0.4) is 0 Å². The largest absolute Gasteiger partial charge is 0.389 e. The molecule has 2 aromatic heterocycles. The molecule has 2 heterocycles. The number of fused-ring (bicyclic) bond motifs is 1. The number of nitrogens with one attached hydrogen (secondary N) is 1. The summed E-state index contributed by atoms with van der Waals surface area (Å²) in [6.45, 7) is 0. The maximum absolute atomic E-state index is 13.1. The lowest BCUT2D eigenvalue weighted by atomic mass is 9.69. The molecule has 4 rings (SSSR count). The fraction of sp³-hybridized carbons (Fsp3) is 0.609. The third-order valence-electron chi connectivity index (χ3n) is 6.68. The Morgan fingerprint density at radius 3 is 2.45 bits per heavy atom. The van der Waals surface area contributed by atoms with Gasteiger partial charge in [-0.3, -0.25) is 14.6 Å². The maximum Gasteiger partial charge on any atom is 0.389 e. The van der Waals surface area contributed by atoms with E-state index in [2.05, 4.69) is 9.97 Å². The average molecular weight is 473 g/mol. The van der Waals surface area contributed by atoms with Crippen LogP contribution >= 0.6 is 0 Å². The van der Waals surface area contributed by atoms with Crippen LogP contribution in [0.5, 0.6) is 0 Å². The molecular weight excluding hydrogens is 445 g/mol. The molecule has 0 radical (unpaired) electrons. The lowest BCUT2D eigenvalue weighted by Gasteiger charge is -2.38. The van der Waals surface area contributed by atoms with E-state index in [1.807, 2.05) is 0 Å². The van der Waals surface area contributed by atoms with Crippen molar-refractivity contribution in [2.45, 2.75) is 69.9 Å². The summed E-state index contributed by atoms with van der Waals surface area (Å²) in [6.07, 6.45) is 1.90. The van der Waals surface area contributed by atoms with Crippen molar-refractivity contribution < 1.29 is 26.7 Å². The Morgan fingerprint density at radius 1 is 1.12 bits per heavy atom. The first kappa shape index (κ1) is 25.1. The van der Waals surface area contributed by atoms with Crippen molar-refractivity contribution in [3.05, 3.63) is 40.4 Å². The van der Waals surface area contributed by atoms with E-state index < -0.39 is 24.4 Å². The fourth-order valence-corrected chi connectivity index (χ4v) is 5.12. The van der Waals surface area contributed by atoms with Crippen molar-refractivity contribution in [3.63, 3.8) is 0 Å². The number of primary amides is 1. The van der Waals surface area contributed by atoms with E-state index in [0.29, 0.717) is 31.2 Å². The number of nitrogens with two attached hydrogens (primary N) is 1. The third-order valence-corrected chi connectivity index (χ3v) is 6.68. The Balaban J connectivity index is 0.000000194. The van der Waals surface area contributed by atoms with Gasteiger partial charge in [-0.25, -0.2) is 8.78 Å². The van der Waals surface area contributed by atoms with Gasteiger partial charge in [0, 0.05) is 37.7 Å². The second-order valence-corrected chi connectivity index (χ2v) is 9.09. The number of pyridine rings is 2. The first-order valence-electron chi connectivity index (χ1n) is 11.2. The van der Waals surface area contributed by atoms with Gasteiger partial charge in [0.1, 0.15) is 5.69 Å². The molecular formula is C23H28F5N3O2. The molecule has 2 aliphatic carbocycles. The number of rotatable bonds is 3. The summed E-state index contributed by atoms with van der Waals surface area (Å²) in [5.74, 6) is -3.09. The number of hydrogen-bond donors (Lipinski definition) is 2. The molecule has 33 heavy (non-hydrogen) atoms. The zero-order valence-electron chi connectivity index (χ0n) is 18.1. The number of amides is 1. The van der Waals surface area contributed by atoms with Crippen molar-refractivity contribution in [1.82, 2.24) is 9.97 Å². The first-order valence-corrected chi connectivity index (χ1v) is 11.2. The van der Waals surface area contributed by atoms with Gasteiger partial charge >= 0.3 is 6.18 Å². The van der Waals surface area contributed by atoms with E-state index in [1.54, 1.807) is 6.07 Å². The lowest BCUT2D eigenvalue weighted by Crippen LogP contribution is -2.31. The van der Waals surface area contributed by atoms with Crippen LogP contribution in [0.2, 0.25) is 0 Å². The van der Waals surface area contributed by atoms with Crippen LogP contribution < -0.4 is 11.2 Å². The Bertz CT molecular complexity index is 1010. The number of halogens is 5. The summed E-state index contributed by atoms with van der Waals surface area (Å²) in [6, 6.07) is 2.94. The van der Waals surface area contributed by atoms with Crippen LogP contribution in [-0.2, 0) is 0 Å². The van der Waals surface area contributed by atoms with Gasteiger partial charge in [-0.2, -0.15) is 13.2 Å². The number of H-pyrrole nitrogens is 1. The third kappa shape index (κ3) is 6.98. The van der Waals surface area contributed by atoms with Gasteiger partial charge in [0.05, 0.1) is 10.9 Å². The molecule has 2 aliphatic rings. The zero-order valence-corrected chi connectivity index (χ0v) is 18.1. The topological polar surface area (TPSA) is 88.8 Å². The minimum atomic E-state index is -4.09. The summed E-state index contributed by atoms with van der Waals surface area (Å²) < 4.78 is 63.4. The SMILES string of the molecule is FC(F)(F)CC1CCCC(C2CCC(F)(F)CC2)C1.NC(=O)c1nccc2[nH]ccc(=O)c12. The molecule has 2 atom stereocenters. The molecule has 2 saturated carbocycles. The monoisotopic (exact) mass is 473 g/mol. The van der Waals surface area contributed by atoms with Crippen LogP contribution in [0.25, 0.3) is 10.9 Å². The van der Waals surface area contributed by atoms with Gasteiger partial charge in [-0.05, 0) is 43.1 Å². The number of carbonyl (C=O) groups excluding carboxylic acids is 1. The molecule has 0 spiro atoms. The number of aromatic amines is 1. The van der Waals surface area contributed by atoms with Gasteiger partial charge in [0.25, 0.3) is 5.91 Å². The van der Waals surface area contributed by atoms with Crippen LogP contribution in [-0.4, -0.2) is 28.0 Å². The van der Waals surface area contributed by atoms with E-state index >= 15 is 0 Å². The van der Waals surface area contributed by atoms with Crippen LogP contribution in [0.15, 0.2) is 29.3 Å². The van der Waals surface area contributed by atoms with Gasteiger partial charge < -0.3 is 10.7 Å². The molecule has 2 unspecified atom stereocenters. The van der Waals surface area contributed by atoms with Crippen LogP contribution in [0.1, 0.15) is 68.3 Å². The molecule has 2 aromatic rings. The Morgan fingerprint density at radius 2 is 1.82 bits per heavy atom. The molecule has 10 heteroatoms. The minimum Gasteiger partial charge on any atom is -0.364 e. The molecule has 182 valence electrons. The predicted octanol–water partition coefficient (Wildman–Crippen LogP) is 5.59. The summed E-state index contributed by atoms with van der Waals surface area (Å²) >= 11 is 0. The normalized spacial score (nSPS) is 23.5. The lowest BCUT2D eigenvalue weighted by molar-refractivity contribution is -0.148. The van der Waals surface area contributed by atoms with E-state index in [9.17, 15) is 31.5 Å². The number of alkyl halides is 5. The number of nitrogens with zero attached hydrogens (tertiary/aromatic N) is 1. The highest BCUT2D eigenvalue weighted by atomic mass is 19.4. The molecule has 0 bridgehead atoms. The number of hydrogen-bond acceptors (Lipinski definition) is 3. The molecule has 5 nitrogen and oxygen atoms in total. The highest BCUT2D eigenvalue weighted by Crippen LogP contribution is 2.46. The average Bonchev–Trinajstić information content (AvgIpc) is 2.73. The van der Waals surface area contributed by atoms with Gasteiger partial charge in [0.15, 0.2) is 5.43 Å². The van der Waals surface area contributed by atoms with Gasteiger partial charge in [-0.1, -0.05) is 19.3 Å². The van der Waals surface area contributed by atoms with E-state index in [1.165, 1.54) is 18.5 Å². The Kier molecular flexibility index (Phi) is 7.74. The second-order valence-electron chi connectivity index (χ2n) is 9.09. The molecule has 3 N–H and O–H groups in total. The fourth-order valence-electron chi connectivity index (χ4n) is 5.12. The van der Waals surface area contributed by atoms with E-state index in [4.69, 9.17) is 5.73 Å². The minimum absolute atomic E-state index is 0.00403. The summed E-state index contributed by atoms with van der Waals surface area (Å²) in [5.41, 5.74) is 5.39. The van der Waals surface area contributed by atoms with E-state index in [0.717, 1.165) is 12.8 Å². The van der Waals surface area contributed by atoms with Crippen molar-refractivity contribution >= 4 is 16.8 Å². The number of carbonyl (C=O) groups is 1. The van der Waals surface area contributed by atoms with Crippen molar-refractivity contribution in [1.29, 1.82) is 0 Å². The standard InChI is InChI=1S/C14H21F5.C9H7N3O2/c15-13(16)6-4-11(5-7-13)12-3-1-2-10(8-12)9-14(17,18)19;10-9(14)8-7-5(1-3-12-8)11-4-2-6(7)13/h10-12H,1-9H2;1-4H,(H2,10,14)(H,11,13).